The Morgan fingerprint density at radius 1 is 0.558 bits per heavy atom. The van der Waals surface area contributed by atoms with Crippen LogP contribution in [0, 0.1) is 29.1 Å². The van der Waals surface area contributed by atoms with Crippen molar-refractivity contribution in [2.75, 3.05) is 4.90 Å². The zero-order valence-corrected chi connectivity index (χ0v) is 31.7. The predicted molar refractivity (Wildman–Crippen MR) is 216 cm³/mol. The van der Waals surface area contributed by atoms with Crippen molar-refractivity contribution in [3.8, 4) is 11.5 Å². The van der Waals surface area contributed by atoms with Crippen molar-refractivity contribution in [1.82, 2.24) is 0 Å². The van der Waals surface area contributed by atoms with Crippen LogP contribution in [0.1, 0.15) is 94.9 Å². The summed E-state index contributed by atoms with van der Waals surface area (Å²) >= 11 is 1.90. The van der Waals surface area contributed by atoms with E-state index in [1.165, 1.54) is 104 Å². The number of thiophene rings is 1. The molecule has 52 heavy (non-hydrogen) atoms. The second-order valence-corrected chi connectivity index (χ2v) is 20.0. The number of ether oxygens (including phenoxy) is 1. The van der Waals surface area contributed by atoms with E-state index in [4.69, 9.17) is 4.74 Å². The number of nitrogens with zero attached hydrogens (tertiary/aromatic N) is 1. The minimum absolute atomic E-state index is 0.0329. The van der Waals surface area contributed by atoms with E-state index in [1.807, 2.05) is 11.3 Å². The number of fused-ring (bicyclic) bond motifs is 12. The Labute approximate surface area is 311 Å². The van der Waals surface area contributed by atoms with Gasteiger partial charge < -0.3 is 9.64 Å². The largest absolute Gasteiger partial charge is 0.457 e. The molecule has 0 radical (unpaired) electrons. The molecule has 1 aromatic heterocycles. The maximum absolute atomic E-state index is 6.89. The fourth-order valence-corrected chi connectivity index (χ4v) is 14.6. The van der Waals surface area contributed by atoms with Gasteiger partial charge in [0.15, 0.2) is 0 Å². The van der Waals surface area contributed by atoms with Crippen molar-refractivity contribution >= 4 is 48.6 Å². The first kappa shape index (κ1) is 30.4. The molecule has 4 fully saturated rings. The van der Waals surface area contributed by atoms with Gasteiger partial charge in [0.05, 0.1) is 0 Å². The van der Waals surface area contributed by atoms with Gasteiger partial charge in [-0.2, -0.15) is 0 Å². The number of hydrogen-bond donors (Lipinski definition) is 0. The van der Waals surface area contributed by atoms with Crippen molar-refractivity contribution in [2.24, 2.45) is 29.1 Å². The highest BCUT2D eigenvalue weighted by Crippen LogP contribution is 2.85. The highest BCUT2D eigenvalue weighted by atomic mass is 32.1. The molecule has 260 valence electrons. The Morgan fingerprint density at radius 2 is 1.17 bits per heavy atom. The third kappa shape index (κ3) is 3.72. The molecule has 6 aromatic rings. The molecule has 1 aliphatic heterocycles. The summed E-state index contributed by atoms with van der Waals surface area (Å²) in [5.74, 6) is 5.39. The molecule has 6 aliphatic rings. The zero-order valence-electron chi connectivity index (χ0n) is 30.8. The van der Waals surface area contributed by atoms with Gasteiger partial charge in [-0.15, -0.1) is 11.3 Å². The third-order valence-corrected chi connectivity index (χ3v) is 16.7. The minimum Gasteiger partial charge on any atom is -0.457 e. The van der Waals surface area contributed by atoms with Crippen molar-refractivity contribution in [3.63, 3.8) is 0 Å². The van der Waals surface area contributed by atoms with E-state index < -0.39 is 0 Å². The van der Waals surface area contributed by atoms with Crippen LogP contribution in [0.5, 0.6) is 11.5 Å². The zero-order chi connectivity index (χ0) is 34.8. The molecule has 2 spiro atoms. The molecule has 2 heterocycles. The van der Waals surface area contributed by atoms with Crippen LogP contribution in [0.4, 0.5) is 17.1 Å². The number of anilines is 3. The maximum atomic E-state index is 6.89. The summed E-state index contributed by atoms with van der Waals surface area (Å²) in [5.41, 5.74) is 10.5. The first-order valence-electron chi connectivity index (χ1n) is 19.9. The summed E-state index contributed by atoms with van der Waals surface area (Å²) in [6.07, 6.45) is 9.57. The molecular weight excluding hydrogens is 651 g/mol. The van der Waals surface area contributed by atoms with Crippen LogP contribution < -0.4 is 9.64 Å². The summed E-state index contributed by atoms with van der Waals surface area (Å²) in [4.78, 5) is 2.57. The fraction of sp³-hybridized carbons (Fsp3) is 0.388. The van der Waals surface area contributed by atoms with E-state index in [9.17, 15) is 0 Å². The molecule has 3 heteroatoms. The van der Waals surface area contributed by atoms with E-state index in [-0.39, 0.29) is 16.2 Å². The van der Waals surface area contributed by atoms with Crippen LogP contribution >= 0.6 is 11.3 Å². The van der Waals surface area contributed by atoms with Crippen LogP contribution in [0.3, 0.4) is 0 Å². The summed E-state index contributed by atoms with van der Waals surface area (Å²) in [7, 11) is 0. The van der Waals surface area contributed by atoms with E-state index >= 15 is 0 Å². The van der Waals surface area contributed by atoms with Crippen LogP contribution in [0.2, 0.25) is 0 Å². The number of benzene rings is 5. The lowest BCUT2D eigenvalue weighted by Crippen LogP contribution is -2.64. The molecule has 0 amide bonds. The van der Waals surface area contributed by atoms with Gasteiger partial charge in [-0.25, -0.2) is 0 Å². The van der Waals surface area contributed by atoms with E-state index in [1.54, 1.807) is 0 Å². The minimum atomic E-state index is 0.0329. The molecule has 4 unspecified atom stereocenters. The summed E-state index contributed by atoms with van der Waals surface area (Å²) in [6, 6.07) is 39.9. The van der Waals surface area contributed by atoms with Gasteiger partial charge >= 0.3 is 0 Å². The highest BCUT2D eigenvalue weighted by Gasteiger charge is 2.79. The SMILES string of the molecule is CC1(C)CCC(C)(C)c2cc(N(c3ccc4c(c3)C3(c5ccccc5O4)C4CC5CC6CC3C4(C5)C6)c3ccc4sc5ccccc5c4c3)ccc21. The maximum Gasteiger partial charge on any atom is 0.131 e. The van der Waals surface area contributed by atoms with Gasteiger partial charge in [-0.1, -0.05) is 70.2 Å². The molecule has 0 N–H and O–H groups in total. The van der Waals surface area contributed by atoms with E-state index in [0.29, 0.717) is 17.3 Å². The van der Waals surface area contributed by atoms with Crippen molar-refractivity contribution in [3.05, 3.63) is 125 Å². The van der Waals surface area contributed by atoms with Gasteiger partial charge in [-0.05, 0) is 157 Å². The molecule has 5 aliphatic carbocycles. The Bertz CT molecular complexity index is 2480. The summed E-state index contributed by atoms with van der Waals surface area (Å²) < 4.78 is 9.59. The summed E-state index contributed by atoms with van der Waals surface area (Å²) in [6.45, 7) is 9.77. The molecule has 12 rings (SSSR count). The van der Waals surface area contributed by atoms with E-state index in [2.05, 4.69) is 136 Å². The van der Waals surface area contributed by atoms with Crippen LogP contribution in [-0.2, 0) is 16.2 Å². The van der Waals surface area contributed by atoms with Crippen molar-refractivity contribution in [1.29, 1.82) is 0 Å². The average Bonchev–Trinajstić information content (AvgIpc) is 3.72. The Kier molecular flexibility index (Phi) is 5.79. The quantitative estimate of drug-likeness (QED) is 0.183. The Hall–Kier alpha value is -4.08. The van der Waals surface area contributed by atoms with Crippen molar-refractivity contribution in [2.45, 2.75) is 88.9 Å². The molecule has 4 saturated carbocycles. The topological polar surface area (TPSA) is 12.5 Å². The van der Waals surface area contributed by atoms with Gasteiger partial charge in [0.2, 0.25) is 0 Å². The molecule has 2 nitrogen and oxygen atoms in total. The molecular formula is C49H47NOS. The van der Waals surface area contributed by atoms with Gasteiger partial charge in [0, 0.05) is 53.8 Å². The molecule has 5 aromatic carbocycles. The third-order valence-electron chi connectivity index (χ3n) is 15.6. The highest BCUT2D eigenvalue weighted by molar-refractivity contribution is 7.25. The molecule has 4 atom stereocenters. The van der Waals surface area contributed by atoms with Gasteiger partial charge in [0.1, 0.15) is 11.5 Å². The number of rotatable bonds is 3. The van der Waals surface area contributed by atoms with Crippen LogP contribution in [0.15, 0.2) is 103 Å². The lowest BCUT2D eigenvalue weighted by molar-refractivity contribution is -0.0882. The molecule has 3 bridgehead atoms. The normalized spacial score (nSPS) is 30.8. The number of para-hydroxylation sites is 1. The van der Waals surface area contributed by atoms with Crippen LogP contribution in [0.25, 0.3) is 20.2 Å². The summed E-state index contributed by atoms with van der Waals surface area (Å²) in [5, 5.41) is 2.69. The van der Waals surface area contributed by atoms with Gasteiger partial charge in [-0.3, -0.25) is 0 Å². The van der Waals surface area contributed by atoms with E-state index in [0.717, 1.165) is 23.3 Å². The molecule has 0 saturated heterocycles. The predicted octanol–water partition coefficient (Wildman–Crippen LogP) is 13.7. The first-order chi connectivity index (χ1) is 25.2. The monoisotopic (exact) mass is 697 g/mol. The smallest absolute Gasteiger partial charge is 0.131 e. The Balaban J connectivity index is 1.09. The Morgan fingerprint density at radius 3 is 1.98 bits per heavy atom. The number of hydrogen-bond acceptors (Lipinski definition) is 3. The fourth-order valence-electron chi connectivity index (χ4n) is 13.5. The van der Waals surface area contributed by atoms with Crippen molar-refractivity contribution < 1.29 is 4.74 Å². The van der Waals surface area contributed by atoms with Gasteiger partial charge in [0.25, 0.3) is 0 Å². The van der Waals surface area contributed by atoms with Crippen LogP contribution in [-0.4, -0.2) is 0 Å². The average molecular weight is 698 g/mol. The second-order valence-electron chi connectivity index (χ2n) is 18.9. The lowest BCUT2D eigenvalue weighted by atomic mass is 9.37. The first-order valence-corrected chi connectivity index (χ1v) is 20.8. The lowest BCUT2D eigenvalue weighted by Gasteiger charge is -2.66. The standard InChI is InChI=1S/C49H47NOS/c1-46(2)19-20-47(3,4)38-25-32(13-16-36(38)46)50(31-15-18-43-35(24-31)34-9-5-8-12-42(34)52-43)33-14-17-41-39(26-33)49(37-10-6-7-11-40(37)51-41)44-22-29-21-30-23-45(49)48(44,27-29)28-30/h5-18,24-26,29-30,44-45H,19-23,27-28H2,1-4H3. The second kappa shape index (κ2) is 9.91.